The number of ether oxygens (including phenoxy) is 2. The van der Waals surface area contributed by atoms with Crippen molar-refractivity contribution in [1.82, 2.24) is 35.2 Å². The van der Waals surface area contributed by atoms with E-state index >= 15 is 0 Å². The minimum atomic E-state index is -3.91. The molecule has 7 rings (SSSR count). The molecule has 3 aromatic rings. The van der Waals surface area contributed by atoms with Gasteiger partial charge in [-0.2, -0.15) is 0 Å². The first-order valence-electron chi connectivity index (χ1n) is 19.3. The zero-order valence-electron chi connectivity index (χ0n) is 31.9. The van der Waals surface area contributed by atoms with Crippen molar-refractivity contribution in [3.63, 3.8) is 0 Å². The highest BCUT2D eigenvalue weighted by Crippen LogP contribution is 2.45. The molecule has 1 aliphatic heterocycles. The second-order valence-electron chi connectivity index (χ2n) is 16.3. The van der Waals surface area contributed by atoms with Gasteiger partial charge in [0.25, 0.3) is 5.91 Å². The molecule has 2 aromatic heterocycles. The van der Waals surface area contributed by atoms with Crippen molar-refractivity contribution < 1.29 is 37.1 Å². The molecule has 15 nitrogen and oxygen atoms in total. The summed E-state index contributed by atoms with van der Waals surface area (Å²) in [4.78, 5) is 71.3. The summed E-state index contributed by atoms with van der Waals surface area (Å²) in [6.45, 7) is 9.16. The van der Waals surface area contributed by atoms with Crippen LogP contribution in [0.2, 0.25) is 0 Å². The van der Waals surface area contributed by atoms with Crippen LogP contribution in [0.4, 0.5) is 4.79 Å². The van der Waals surface area contributed by atoms with Gasteiger partial charge in [0, 0.05) is 36.8 Å². The van der Waals surface area contributed by atoms with Gasteiger partial charge in [-0.1, -0.05) is 39.0 Å². The Labute approximate surface area is 330 Å². The zero-order chi connectivity index (χ0) is 39.8. The molecule has 56 heavy (non-hydrogen) atoms. The zero-order valence-corrected chi connectivity index (χ0v) is 33.5. The molecular weight excluding hydrogens is 759 g/mol. The lowest BCUT2D eigenvalue weighted by Crippen LogP contribution is -2.60. The topological polar surface area (TPSA) is 199 Å². The molecule has 17 heteroatoms. The third kappa shape index (κ3) is 8.67. The smallest absolute Gasteiger partial charge is 0.408 e. The van der Waals surface area contributed by atoms with E-state index < -0.39 is 74.1 Å². The molecule has 3 saturated carbocycles. The summed E-state index contributed by atoms with van der Waals surface area (Å²) in [5.41, 5.74) is -0.480. The molecule has 0 radical (unpaired) electrons. The van der Waals surface area contributed by atoms with E-state index in [1.807, 2.05) is 50.4 Å². The highest BCUT2D eigenvalue weighted by molar-refractivity contribution is 7.91. The van der Waals surface area contributed by atoms with Gasteiger partial charge in [-0.3, -0.25) is 19.1 Å². The maximum Gasteiger partial charge on any atom is 0.408 e. The van der Waals surface area contributed by atoms with Crippen molar-refractivity contribution in [2.24, 2.45) is 11.3 Å². The highest BCUT2D eigenvalue weighted by Gasteiger charge is 2.62. The van der Waals surface area contributed by atoms with E-state index in [4.69, 9.17) is 19.4 Å². The highest BCUT2D eigenvalue weighted by atomic mass is 32.2. The molecule has 1 saturated heterocycles. The van der Waals surface area contributed by atoms with Crippen LogP contribution in [-0.4, -0.2) is 93.7 Å². The van der Waals surface area contributed by atoms with E-state index in [-0.39, 0.29) is 31.4 Å². The van der Waals surface area contributed by atoms with Crippen molar-refractivity contribution in [2.75, 3.05) is 6.54 Å². The molecule has 4 amide bonds. The largest absolute Gasteiger partial charge is 0.471 e. The Morgan fingerprint density at radius 1 is 1.05 bits per heavy atom. The van der Waals surface area contributed by atoms with E-state index in [1.165, 1.54) is 22.3 Å². The molecule has 0 bridgehead atoms. The summed E-state index contributed by atoms with van der Waals surface area (Å²) < 4.78 is 39.9. The number of alkyl carbamates (subject to hydrolysis) is 1. The number of hydrogen-bond donors (Lipinski definition) is 3. The third-order valence-electron chi connectivity index (χ3n) is 11.0. The minimum Gasteiger partial charge on any atom is -0.471 e. The Morgan fingerprint density at radius 2 is 1.77 bits per heavy atom. The van der Waals surface area contributed by atoms with Crippen LogP contribution in [-0.2, 0) is 42.0 Å². The van der Waals surface area contributed by atoms with Gasteiger partial charge in [0.2, 0.25) is 27.7 Å². The lowest BCUT2D eigenvalue weighted by Gasteiger charge is -2.35. The van der Waals surface area contributed by atoms with Crippen LogP contribution in [0.15, 0.2) is 48.5 Å². The molecule has 4 fully saturated rings. The molecule has 3 aliphatic carbocycles. The van der Waals surface area contributed by atoms with Crippen LogP contribution in [0.5, 0.6) is 5.88 Å². The molecule has 3 N–H and O–H groups in total. The Bertz CT molecular complexity index is 2100. The van der Waals surface area contributed by atoms with Crippen molar-refractivity contribution in [1.29, 1.82) is 0 Å². The average Bonchev–Trinajstić information content (AvgIpc) is 3.91. The number of thiazole rings is 1. The fourth-order valence-electron chi connectivity index (χ4n) is 7.56. The second-order valence-corrected chi connectivity index (χ2v) is 19.2. The number of hydrogen-bond acceptors (Lipinski definition) is 12. The SMILES string of the molecule is C=C[C@@H]1CC1(NC(=O)[C@@H]1C[C@@H](Oc2nc3ccccc3nc2CCc2nccs2)CN1C(=O)[C@@H](NC(=O)OC1CCCC1)C(C)(C)C)C(=O)NS(=O)(=O)C1CC1. The number of carbonyl (C=O) groups excluding carboxylic acids is 4. The standard InChI is InChI=1S/C39H49N7O8S2/c1-5-23-21-39(23,36(49)45-56(51,52)26-14-15-26)44-33(47)30-20-25(22-46(30)35(48)32(38(2,3)4)43-37(50)54-24-10-6-7-11-24)53-34-29(16-17-31-40-18-19-55-31)41-27-12-8-9-13-28(27)42-34/h5,8-9,12-13,18-19,23-26,30,32H,1,6-7,10-11,14-17,20-22H2,2-4H3,(H,43,50)(H,44,47)(H,45,49)/t23-,25-,30+,32-,39?/m1/s1. The number of fused-ring (bicyclic) bond motifs is 1. The Balaban J connectivity index is 1.17. The van der Waals surface area contributed by atoms with Crippen LogP contribution in [0.1, 0.15) is 82.8 Å². The first-order chi connectivity index (χ1) is 26.7. The van der Waals surface area contributed by atoms with Crippen molar-refractivity contribution >= 4 is 56.2 Å². The summed E-state index contributed by atoms with van der Waals surface area (Å²) in [7, 11) is -3.91. The van der Waals surface area contributed by atoms with Crippen molar-refractivity contribution in [3.05, 3.63) is 59.2 Å². The Kier molecular flexibility index (Phi) is 11.1. The lowest BCUT2D eigenvalue weighted by molar-refractivity contribution is -0.143. The summed E-state index contributed by atoms with van der Waals surface area (Å²) >= 11 is 1.53. The monoisotopic (exact) mass is 807 g/mol. The molecule has 1 aromatic carbocycles. The summed E-state index contributed by atoms with van der Waals surface area (Å²) in [5, 5.41) is 7.78. The molecule has 3 heterocycles. The second kappa shape index (κ2) is 15.7. The molecule has 4 aliphatic rings. The first-order valence-corrected chi connectivity index (χ1v) is 21.7. The number of amides is 4. The van der Waals surface area contributed by atoms with Gasteiger partial charge in [0.15, 0.2) is 0 Å². The minimum absolute atomic E-state index is 0.0121. The first kappa shape index (κ1) is 39.6. The summed E-state index contributed by atoms with van der Waals surface area (Å²) in [6, 6.07) is 5.16. The average molecular weight is 808 g/mol. The Hall–Kier alpha value is -4.64. The number of likely N-dealkylation sites (tertiary alicyclic amines) is 1. The van der Waals surface area contributed by atoms with Gasteiger partial charge in [0.05, 0.1) is 27.8 Å². The van der Waals surface area contributed by atoms with Gasteiger partial charge in [-0.25, -0.2) is 28.2 Å². The number of sulfonamides is 1. The maximum atomic E-state index is 14.7. The maximum absolute atomic E-state index is 14.7. The van der Waals surface area contributed by atoms with Gasteiger partial charge in [-0.05, 0) is 62.5 Å². The number of aryl methyl sites for hydroxylation is 2. The summed E-state index contributed by atoms with van der Waals surface area (Å²) in [5.74, 6) is -2.30. The molecule has 1 unspecified atom stereocenters. The summed E-state index contributed by atoms with van der Waals surface area (Å²) in [6.07, 6.45) is 7.12. The van der Waals surface area contributed by atoms with Gasteiger partial charge < -0.3 is 25.0 Å². The quantitative estimate of drug-likeness (QED) is 0.199. The number of rotatable bonds is 14. The number of carbonyl (C=O) groups is 4. The number of nitrogens with zero attached hydrogens (tertiary/aromatic N) is 4. The van der Waals surface area contributed by atoms with Gasteiger partial charge >= 0.3 is 6.09 Å². The van der Waals surface area contributed by atoms with E-state index in [0.717, 1.165) is 30.7 Å². The molecule has 0 spiro atoms. The van der Waals surface area contributed by atoms with E-state index in [1.54, 1.807) is 6.20 Å². The third-order valence-corrected chi connectivity index (χ3v) is 13.7. The van der Waals surface area contributed by atoms with E-state index in [0.29, 0.717) is 42.4 Å². The van der Waals surface area contributed by atoms with Crippen LogP contribution in [0.25, 0.3) is 11.0 Å². The van der Waals surface area contributed by atoms with E-state index in [2.05, 4.69) is 26.9 Å². The fourth-order valence-corrected chi connectivity index (χ4v) is 9.54. The van der Waals surface area contributed by atoms with Crippen LogP contribution >= 0.6 is 11.3 Å². The number of nitrogens with one attached hydrogen (secondary N) is 3. The predicted octanol–water partition coefficient (Wildman–Crippen LogP) is 3.97. The van der Waals surface area contributed by atoms with E-state index in [9.17, 15) is 27.6 Å². The fraction of sp³-hybridized carbons (Fsp3) is 0.564. The molecule has 5 atom stereocenters. The Morgan fingerprint density at radius 3 is 2.39 bits per heavy atom. The number of aromatic nitrogens is 3. The van der Waals surface area contributed by atoms with Crippen molar-refractivity contribution in [2.45, 2.75) is 120 Å². The van der Waals surface area contributed by atoms with Gasteiger partial charge in [0.1, 0.15) is 35.5 Å². The van der Waals surface area contributed by atoms with Gasteiger partial charge in [-0.15, -0.1) is 17.9 Å². The molecular formula is C39H49N7O8S2. The predicted molar refractivity (Wildman–Crippen MR) is 208 cm³/mol. The van der Waals surface area contributed by atoms with Crippen LogP contribution < -0.4 is 20.1 Å². The van der Waals surface area contributed by atoms with Crippen LogP contribution in [0.3, 0.4) is 0 Å². The molecule has 300 valence electrons. The normalized spacial score (nSPS) is 24.3. The van der Waals surface area contributed by atoms with Crippen LogP contribution in [0, 0.1) is 11.3 Å². The lowest BCUT2D eigenvalue weighted by atomic mass is 9.85. The number of benzene rings is 1. The number of para-hydroxylation sites is 2. The van der Waals surface area contributed by atoms with Crippen molar-refractivity contribution in [3.8, 4) is 5.88 Å².